The molecule has 1 amide bonds. The number of furan rings is 1. The summed E-state index contributed by atoms with van der Waals surface area (Å²) >= 11 is 1.70. The van der Waals surface area contributed by atoms with Crippen molar-refractivity contribution < 1.29 is 18.7 Å². The van der Waals surface area contributed by atoms with Gasteiger partial charge in [0.05, 0.1) is 11.8 Å². The molecule has 2 N–H and O–H groups in total. The maximum absolute atomic E-state index is 12.8. The van der Waals surface area contributed by atoms with E-state index in [2.05, 4.69) is 10.6 Å². The summed E-state index contributed by atoms with van der Waals surface area (Å²) in [5, 5.41) is 7.46. The van der Waals surface area contributed by atoms with E-state index in [1.54, 1.807) is 41.7 Å². The molecule has 30 heavy (non-hydrogen) atoms. The van der Waals surface area contributed by atoms with Gasteiger partial charge in [-0.3, -0.25) is 4.79 Å². The van der Waals surface area contributed by atoms with Crippen LogP contribution >= 0.6 is 11.3 Å². The summed E-state index contributed by atoms with van der Waals surface area (Å²) in [7, 11) is 0. The van der Waals surface area contributed by atoms with E-state index in [4.69, 9.17) is 9.15 Å². The molecule has 1 aromatic carbocycles. The summed E-state index contributed by atoms with van der Waals surface area (Å²) in [6.45, 7) is 0. The lowest BCUT2D eigenvalue weighted by molar-refractivity contribution is -0.128. The molecular formula is C23H20N2O4S. The van der Waals surface area contributed by atoms with Crippen LogP contribution in [0.4, 0.5) is 5.00 Å². The second-order valence-electron chi connectivity index (χ2n) is 7.30. The van der Waals surface area contributed by atoms with Gasteiger partial charge in [0.15, 0.2) is 0 Å². The molecule has 1 aliphatic heterocycles. The topological polar surface area (TPSA) is 80.6 Å². The maximum Gasteiger partial charge on any atom is 0.336 e. The second-order valence-corrected chi connectivity index (χ2v) is 8.41. The third-order valence-electron chi connectivity index (χ3n) is 5.31. The van der Waals surface area contributed by atoms with Crippen molar-refractivity contribution in [2.45, 2.75) is 31.8 Å². The molecule has 0 radical (unpaired) electrons. The van der Waals surface area contributed by atoms with Crippen LogP contribution in [-0.2, 0) is 17.6 Å². The molecule has 3 aromatic rings. The number of carbonyl (C=O) groups is 2. The van der Waals surface area contributed by atoms with Crippen LogP contribution in [0.1, 0.15) is 51.1 Å². The minimum atomic E-state index is -0.489. The quantitative estimate of drug-likeness (QED) is 0.364. The van der Waals surface area contributed by atoms with E-state index in [1.165, 1.54) is 29.2 Å². The first kappa shape index (κ1) is 18.7. The fraction of sp³-hybridized carbons (Fsp3) is 0.217. The third-order valence-corrected chi connectivity index (χ3v) is 6.53. The zero-order valence-electron chi connectivity index (χ0n) is 16.1. The average Bonchev–Trinajstić information content (AvgIpc) is 3.40. The summed E-state index contributed by atoms with van der Waals surface area (Å²) in [6, 6.07) is 10.6. The first-order valence-corrected chi connectivity index (χ1v) is 10.7. The predicted octanol–water partition coefficient (Wildman–Crippen LogP) is 4.69. The van der Waals surface area contributed by atoms with E-state index in [-0.39, 0.29) is 12.1 Å². The number of fused-ring (bicyclic) bond motifs is 3. The molecular weight excluding hydrogens is 400 g/mol. The van der Waals surface area contributed by atoms with Crippen LogP contribution < -0.4 is 15.4 Å². The van der Waals surface area contributed by atoms with Crippen molar-refractivity contribution in [3.8, 4) is 5.75 Å². The molecule has 3 heterocycles. The molecule has 0 saturated heterocycles. The van der Waals surface area contributed by atoms with Crippen molar-refractivity contribution in [1.29, 1.82) is 0 Å². The van der Waals surface area contributed by atoms with Gasteiger partial charge in [-0.25, -0.2) is 4.79 Å². The van der Waals surface area contributed by atoms with Gasteiger partial charge in [-0.05, 0) is 67.2 Å². The van der Waals surface area contributed by atoms with Gasteiger partial charge in [0.25, 0.3) is 5.91 Å². The Labute approximate surface area is 177 Å². The molecule has 0 unspecified atom stereocenters. The second kappa shape index (κ2) is 7.84. The standard InChI is InChI=1S/C23H20N2O4S/c26-19(12-11-15-4-3-13-28-15)29-16-9-7-14(8-10-16)21-24-22(27)20-17-5-1-2-6-18(17)30-23(20)25-21/h3-4,7-13,21,25H,1-2,5-6H2,(H,24,27)/b12-11+/t21-/m1/s1. The summed E-state index contributed by atoms with van der Waals surface area (Å²) in [4.78, 5) is 26.0. The minimum absolute atomic E-state index is 0.0216. The summed E-state index contributed by atoms with van der Waals surface area (Å²) in [5.74, 6) is 0.502. The number of anilines is 1. The Morgan fingerprint density at radius 3 is 2.77 bits per heavy atom. The van der Waals surface area contributed by atoms with Crippen LogP contribution in [0.25, 0.3) is 6.08 Å². The molecule has 0 bridgehead atoms. The molecule has 5 rings (SSSR count). The van der Waals surface area contributed by atoms with E-state index >= 15 is 0 Å². The fourth-order valence-electron chi connectivity index (χ4n) is 3.86. The first-order chi connectivity index (χ1) is 14.7. The largest absolute Gasteiger partial charge is 0.465 e. The van der Waals surface area contributed by atoms with Crippen molar-refractivity contribution in [2.75, 3.05) is 5.32 Å². The smallest absolute Gasteiger partial charge is 0.336 e. The maximum atomic E-state index is 12.8. The average molecular weight is 420 g/mol. The number of hydrogen-bond donors (Lipinski definition) is 2. The van der Waals surface area contributed by atoms with Crippen molar-refractivity contribution in [2.24, 2.45) is 0 Å². The van der Waals surface area contributed by atoms with E-state index in [0.29, 0.717) is 11.5 Å². The Morgan fingerprint density at radius 2 is 1.97 bits per heavy atom. The summed E-state index contributed by atoms with van der Waals surface area (Å²) in [6.07, 6.45) is 8.46. The van der Waals surface area contributed by atoms with Crippen LogP contribution in [0.15, 0.2) is 53.2 Å². The van der Waals surface area contributed by atoms with Crippen LogP contribution in [0.3, 0.4) is 0 Å². The lowest BCUT2D eigenvalue weighted by Crippen LogP contribution is -2.38. The Hall–Kier alpha value is -3.32. The van der Waals surface area contributed by atoms with Crippen molar-refractivity contribution in [3.63, 3.8) is 0 Å². The van der Waals surface area contributed by atoms with Crippen LogP contribution in [0, 0.1) is 0 Å². The molecule has 0 fully saturated rings. The summed E-state index contributed by atoms with van der Waals surface area (Å²) < 4.78 is 10.5. The van der Waals surface area contributed by atoms with Gasteiger partial charge < -0.3 is 19.8 Å². The number of thiophene rings is 1. The van der Waals surface area contributed by atoms with Gasteiger partial charge in [0.2, 0.25) is 0 Å². The summed E-state index contributed by atoms with van der Waals surface area (Å²) in [5.41, 5.74) is 2.93. The fourth-order valence-corrected chi connectivity index (χ4v) is 5.17. The molecule has 2 aliphatic rings. The Kier molecular flexibility index (Phi) is 4.88. The van der Waals surface area contributed by atoms with Crippen LogP contribution in [0.2, 0.25) is 0 Å². The molecule has 2 aromatic heterocycles. The lowest BCUT2D eigenvalue weighted by atomic mass is 9.94. The Bertz CT molecular complexity index is 1110. The number of aryl methyl sites for hydroxylation is 1. The number of amides is 1. The van der Waals surface area contributed by atoms with Gasteiger partial charge in [-0.2, -0.15) is 0 Å². The lowest BCUT2D eigenvalue weighted by Gasteiger charge is -2.26. The molecule has 7 heteroatoms. The number of benzene rings is 1. The molecule has 1 atom stereocenters. The highest BCUT2D eigenvalue weighted by atomic mass is 32.1. The zero-order chi connectivity index (χ0) is 20.5. The number of carbonyl (C=O) groups excluding carboxylic acids is 2. The van der Waals surface area contributed by atoms with Gasteiger partial charge in [0, 0.05) is 11.0 Å². The number of ether oxygens (including phenoxy) is 1. The van der Waals surface area contributed by atoms with Crippen molar-refractivity contribution in [1.82, 2.24) is 5.32 Å². The van der Waals surface area contributed by atoms with E-state index in [0.717, 1.165) is 35.4 Å². The van der Waals surface area contributed by atoms with Crippen LogP contribution in [0.5, 0.6) is 5.75 Å². The number of hydrogen-bond acceptors (Lipinski definition) is 6. The van der Waals surface area contributed by atoms with Crippen molar-refractivity contribution in [3.05, 3.63) is 76.1 Å². The Morgan fingerprint density at radius 1 is 1.13 bits per heavy atom. The van der Waals surface area contributed by atoms with Crippen molar-refractivity contribution >= 4 is 34.3 Å². The van der Waals surface area contributed by atoms with E-state index in [1.807, 2.05) is 12.1 Å². The monoisotopic (exact) mass is 420 g/mol. The predicted molar refractivity (Wildman–Crippen MR) is 115 cm³/mol. The van der Waals surface area contributed by atoms with E-state index in [9.17, 15) is 9.59 Å². The highest BCUT2D eigenvalue weighted by molar-refractivity contribution is 7.16. The minimum Gasteiger partial charge on any atom is -0.465 e. The molecule has 6 nitrogen and oxygen atoms in total. The van der Waals surface area contributed by atoms with E-state index < -0.39 is 5.97 Å². The van der Waals surface area contributed by atoms with Gasteiger partial charge >= 0.3 is 5.97 Å². The SMILES string of the molecule is O=C(/C=C/c1ccco1)Oc1ccc([C@@H]2NC(=O)c3c(sc4c3CCCC4)N2)cc1. The van der Waals surface area contributed by atoms with Gasteiger partial charge in [0.1, 0.15) is 22.7 Å². The number of esters is 1. The molecule has 0 saturated carbocycles. The third kappa shape index (κ3) is 3.64. The first-order valence-electron chi connectivity index (χ1n) is 9.93. The highest BCUT2D eigenvalue weighted by Gasteiger charge is 2.31. The van der Waals surface area contributed by atoms with Gasteiger partial charge in [-0.15, -0.1) is 11.3 Å². The van der Waals surface area contributed by atoms with Crippen LogP contribution in [-0.4, -0.2) is 11.9 Å². The molecule has 0 spiro atoms. The van der Waals surface area contributed by atoms with Gasteiger partial charge in [-0.1, -0.05) is 12.1 Å². The normalized spacial score (nSPS) is 17.7. The highest BCUT2D eigenvalue weighted by Crippen LogP contribution is 2.41. The number of nitrogens with one attached hydrogen (secondary N) is 2. The Balaban J connectivity index is 1.27. The zero-order valence-corrected chi connectivity index (χ0v) is 17.0. The number of rotatable bonds is 4. The molecule has 1 aliphatic carbocycles. The molecule has 152 valence electrons.